The summed E-state index contributed by atoms with van der Waals surface area (Å²) in [6.45, 7) is 5.49. The number of anilines is 1. The van der Waals surface area contributed by atoms with Crippen LogP contribution in [0.1, 0.15) is 32.3 Å². The molecule has 2 rings (SSSR count). The Kier molecular flexibility index (Phi) is 4.30. The van der Waals surface area contributed by atoms with Gasteiger partial charge in [-0.25, -0.2) is 0 Å². The molecule has 0 aromatic heterocycles. The molecule has 1 saturated carbocycles. The first-order valence-electron chi connectivity index (χ1n) is 6.77. The van der Waals surface area contributed by atoms with Crippen LogP contribution in [0.2, 0.25) is 0 Å². The van der Waals surface area contributed by atoms with Gasteiger partial charge in [-0.2, -0.15) is 0 Å². The van der Waals surface area contributed by atoms with Gasteiger partial charge >= 0.3 is 0 Å². The van der Waals surface area contributed by atoms with Crippen molar-refractivity contribution in [1.29, 1.82) is 0 Å². The van der Waals surface area contributed by atoms with Gasteiger partial charge in [0.2, 0.25) is 0 Å². The van der Waals surface area contributed by atoms with Gasteiger partial charge in [-0.15, -0.1) is 0 Å². The molecule has 0 unspecified atom stereocenters. The molecule has 3 nitrogen and oxygen atoms in total. The summed E-state index contributed by atoms with van der Waals surface area (Å²) < 4.78 is 5.33. The van der Waals surface area contributed by atoms with E-state index in [0.29, 0.717) is 16.9 Å². The normalized spacial score (nSPS) is 14.5. The Balaban J connectivity index is 2.40. The summed E-state index contributed by atoms with van der Waals surface area (Å²) in [6, 6.07) is 6.56. The molecule has 0 spiro atoms. The lowest BCUT2D eigenvalue weighted by molar-refractivity contribution is 0.414. The molecule has 0 atom stereocenters. The van der Waals surface area contributed by atoms with Crippen molar-refractivity contribution in [2.24, 2.45) is 11.7 Å². The zero-order valence-corrected chi connectivity index (χ0v) is 12.7. The number of benzene rings is 1. The molecule has 1 aromatic carbocycles. The van der Waals surface area contributed by atoms with Crippen molar-refractivity contribution in [2.75, 3.05) is 18.6 Å². The van der Waals surface area contributed by atoms with E-state index in [1.165, 1.54) is 12.8 Å². The van der Waals surface area contributed by atoms with Gasteiger partial charge in [0.05, 0.1) is 12.8 Å². The highest BCUT2D eigenvalue weighted by molar-refractivity contribution is 7.80. The number of methoxy groups -OCH3 is 1. The van der Waals surface area contributed by atoms with E-state index in [4.69, 9.17) is 22.7 Å². The molecule has 0 aliphatic heterocycles. The van der Waals surface area contributed by atoms with Crippen molar-refractivity contribution in [3.63, 3.8) is 0 Å². The number of ether oxygens (including phenoxy) is 1. The number of thiocarbonyl (C=S) groups is 1. The Morgan fingerprint density at radius 2 is 2.16 bits per heavy atom. The summed E-state index contributed by atoms with van der Waals surface area (Å²) in [5, 5.41) is 0. The molecule has 19 heavy (non-hydrogen) atoms. The van der Waals surface area contributed by atoms with Crippen LogP contribution in [0.25, 0.3) is 0 Å². The molecular weight excluding hydrogens is 256 g/mol. The third-order valence-corrected chi connectivity index (χ3v) is 3.55. The van der Waals surface area contributed by atoms with Gasteiger partial charge < -0.3 is 15.4 Å². The van der Waals surface area contributed by atoms with Crippen LogP contribution < -0.4 is 15.4 Å². The van der Waals surface area contributed by atoms with Crippen molar-refractivity contribution in [1.82, 2.24) is 0 Å². The van der Waals surface area contributed by atoms with Gasteiger partial charge in [0, 0.05) is 24.2 Å². The van der Waals surface area contributed by atoms with E-state index < -0.39 is 0 Å². The number of hydrogen-bond donors (Lipinski definition) is 1. The standard InChI is InChI=1S/C15H22N2OS/c1-10(2)9-17(11-4-5-11)14-8-12(18-3)6-7-13(14)15(16)19/h6-8,10-11H,4-5,9H2,1-3H3,(H2,16,19). The maximum atomic E-state index is 5.86. The van der Waals surface area contributed by atoms with Crippen LogP contribution in [0.3, 0.4) is 0 Å². The fraction of sp³-hybridized carbons (Fsp3) is 0.533. The van der Waals surface area contributed by atoms with Crippen LogP contribution >= 0.6 is 12.2 Å². The molecule has 2 N–H and O–H groups in total. The van der Waals surface area contributed by atoms with Crippen molar-refractivity contribution in [3.8, 4) is 5.75 Å². The van der Waals surface area contributed by atoms with E-state index in [1.54, 1.807) is 7.11 Å². The fourth-order valence-electron chi connectivity index (χ4n) is 2.31. The summed E-state index contributed by atoms with van der Waals surface area (Å²) in [5.74, 6) is 1.45. The molecule has 0 amide bonds. The molecule has 1 aliphatic carbocycles. The SMILES string of the molecule is COc1ccc(C(N)=S)c(N(CC(C)C)C2CC2)c1. The number of rotatable bonds is 6. The monoisotopic (exact) mass is 278 g/mol. The number of nitrogens with two attached hydrogens (primary N) is 1. The Morgan fingerprint density at radius 3 is 2.63 bits per heavy atom. The Bertz CT molecular complexity index is 469. The summed E-state index contributed by atoms with van der Waals surface area (Å²) in [6.07, 6.45) is 2.50. The molecular formula is C15H22N2OS. The summed E-state index contributed by atoms with van der Waals surface area (Å²) in [4.78, 5) is 2.88. The van der Waals surface area contributed by atoms with E-state index >= 15 is 0 Å². The third-order valence-electron chi connectivity index (χ3n) is 3.33. The van der Waals surface area contributed by atoms with E-state index in [9.17, 15) is 0 Å². The predicted octanol–water partition coefficient (Wildman–Crippen LogP) is 2.95. The number of nitrogens with zero attached hydrogens (tertiary/aromatic N) is 1. The second-order valence-electron chi connectivity index (χ2n) is 5.52. The van der Waals surface area contributed by atoms with Gasteiger partial charge in [0.1, 0.15) is 10.7 Å². The Labute approximate surface area is 120 Å². The lowest BCUT2D eigenvalue weighted by atomic mass is 10.1. The van der Waals surface area contributed by atoms with Crippen LogP contribution in [0.5, 0.6) is 5.75 Å². The fourth-order valence-corrected chi connectivity index (χ4v) is 2.48. The maximum absolute atomic E-state index is 5.86. The summed E-state index contributed by atoms with van der Waals surface area (Å²) >= 11 is 5.18. The minimum absolute atomic E-state index is 0.451. The average Bonchev–Trinajstić information content (AvgIpc) is 3.19. The van der Waals surface area contributed by atoms with Gasteiger partial charge in [0.15, 0.2) is 0 Å². The lowest BCUT2D eigenvalue weighted by Gasteiger charge is -2.29. The van der Waals surface area contributed by atoms with Crippen LogP contribution in [0.15, 0.2) is 18.2 Å². The quantitative estimate of drug-likeness (QED) is 0.812. The Hall–Kier alpha value is -1.29. The highest BCUT2D eigenvalue weighted by Gasteiger charge is 2.31. The molecule has 104 valence electrons. The van der Waals surface area contributed by atoms with Gasteiger partial charge in [0.25, 0.3) is 0 Å². The summed E-state index contributed by atoms with van der Waals surface area (Å²) in [5.41, 5.74) is 7.92. The molecule has 1 aliphatic rings. The van der Waals surface area contributed by atoms with Gasteiger partial charge in [-0.05, 0) is 30.9 Å². The van der Waals surface area contributed by atoms with E-state index in [-0.39, 0.29) is 0 Å². The van der Waals surface area contributed by atoms with Gasteiger partial charge in [-0.3, -0.25) is 0 Å². The first-order valence-corrected chi connectivity index (χ1v) is 7.18. The molecule has 1 aromatic rings. The zero-order valence-electron chi connectivity index (χ0n) is 11.8. The maximum Gasteiger partial charge on any atom is 0.120 e. The lowest BCUT2D eigenvalue weighted by Crippen LogP contribution is -2.31. The van der Waals surface area contributed by atoms with Crippen molar-refractivity contribution >= 4 is 22.9 Å². The van der Waals surface area contributed by atoms with Crippen molar-refractivity contribution < 1.29 is 4.74 Å². The number of hydrogen-bond acceptors (Lipinski definition) is 3. The average molecular weight is 278 g/mol. The topological polar surface area (TPSA) is 38.5 Å². The van der Waals surface area contributed by atoms with Crippen LogP contribution in [0.4, 0.5) is 5.69 Å². The first kappa shape index (κ1) is 14.1. The minimum Gasteiger partial charge on any atom is -0.497 e. The molecule has 0 saturated heterocycles. The van der Waals surface area contributed by atoms with Crippen LogP contribution in [-0.4, -0.2) is 24.7 Å². The van der Waals surface area contributed by atoms with E-state index in [1.807, 2.05) is 12.1 Å². The molecule has 0 bridgehead atoms. The molecule has 0 heterocycles. The summed E-state index contributed by atoms with van der Waals surface area (Å²) in [7, 11) is 1.68. The first-order chi connectivity index (χ1) is 9.02. The molecule has 1 fully saturated rings. The third kappa shape index (κ3) is 3.38. The highest BCUT2D eigenvalue weighted by atomic mass is 32.1. The smallest absolute Gasteiger partial charge is 0.120 e. The second-order valence-corrected chi connectivity index (χ2v) is 5.96. The van der Waals surface area contributed by atoms with Crippen LogP contribution in [0, 0.1) is 5.92 Å². The molecule has 4 heteroatoms. The second kappa shape index (κ2) is 5.78. The highest BCUT2D eigenvalue weighted by Crippen LogP contribution is 2.36. The van der Waals surface area contributed by atoms with E-state index in [2.05, 4.69) is 24.8 Å². The predicted molar refractivity (Wildman–Crippen MR) is 84.1 cm³/mol. The molecule has 0 radical (unpaired) electrons. The minimum atomic E-state index is 0.451. The zero-order chi connectivity index (χ0) is 14.0. The van der Waals surface area contributed by atoms with Crippen molar-refractivity contribution in [2.45, 2.75) is 32.7 Å². The van der Waals surface area contributed by atoms with Gasteiger partial charge in [-0.1, -0.05) is 26.1 Å². The van der Waals surface area contributed by atoms with Crippen molar-refractivity contribution in [3.05, 3.63) is 23.8 Å². The Morgan fingerprint density at radius 1 is 1.47 bits per heavy atom. The largest absolute Gasteiger partial charge is 0.497 e. The van der Waals surface area contributed by atoms with E-state index in [0.717, 1.165) is 23.5 Å². The van der Waals surface area contributed by atoms with Crippen LogP contribution in [-0.2, 0) is 0 Å².